The second-order valence-corrected chi connectivity index (χ2v) is 20.6. The van der Waals surface area contributed by atoms with Crippen molar-refractivity contribution in [1.29, 1.82) is 0 Å². The Balaban J connectivity index is 1.21. The molecule has 21 heteroatoms. The van der Waals surface area contributed by atoms with Crippen molar-refractivity contribution in [3.63, 3.8) is 0 Å². The Morgan fingerprint density at radius 3 is 2.27 bits per heavy atom. The van der Waals surface area contributed by atoms with Crippen LogP contribution in [0.3, 0.4) is 0 Å². The highest BCUT2D eigenvalue weighted by molar-refractivity contribution is 5.88. The summed E-state index contributed by atoms with van der Waals surface area (Å²) in [5, 5.41) is 36.9. The Morgan fingerprint density at radius 2 is 1.59 bits per heavy atom. The van der Waals surface area contributed by atoms with Crippen molar-refractivity contribution in [2.45, 2.75) is 153 Å². The van der Waals surface area contributed by atoms with E-state index in [1.165, 1.54) is 20.8 Å². The van der Waals surface area contributed by atoms with E-state index in [-0.39, 0.29) is 32.2 Å². The largest absolute Gasteiger partial charge is 0.460 e. The zero-order valence-corrected chi connectivity index (χ0v) is 37.2. The maximum atomic E-state index is 14.4. The first kappa shape index (κ1) is 44.9. The van der Waals surface area contributed by atoms with Crippen LogP contribution < -0.4 is 5.32 Å². The van der Waals surface area contributed by atoms with Gasteiger partial charge in [-0.25, -0.2) is 4.79 Å². The standard InChI is InChI=1S/C43H59N7O14/c1-17-25-28(41(6)42(7,38(57)64-43(41)35(17)63-43)62-23(53)12-8-9-13-47-49-44)30(54)26-24-27(33(58-18(2)51)36(40(25,26)5)59-19(3)52)39(4)21(15-22-31(60-22)34(39)55)29-32(24)61-37(56)20(16-46-29)11-10-14-48-50-45/h17,20-22,24-36,46,54-55H,8-16H2,1-7H3/t17-,20?,21+,22-,24?,25-,26+,27?,28-,29-,30+,31-,32+,33-,34-,35+,36-,39-,40+,41-,42+,43-/m0/s1. The third kappa shape index (κ3) is 5.96. The predicted molar refractivity (Wildman–Crippen MR) is 215 cm³/mol. The minimum absolute atomic E-state index is 0.103. The fourth-order valence-electron chi connectivity index (χ4n) is 15.4. The number of ether oxygens (including phenoxy) is 7. The van der Waals surface area contributed by atoms with Crippen molar-refractivity contribution < 1.29 is 67.3 Å². The first-order chi connectivity index (χ1) is 30.3. The summed E-state index contributed by atoms with van der Waals surface area (Å²) in [7, 11) is 0. The van der Waals surface area contributed by atoms with E-state index in [1.807, 2.05) is 20.8 Å². The molecule has 4 heterocycles. The van der Waals surface area contributed by atoms with Crippen LogP contribution >= 0.6 is 0 Å². The van der Waals surface area contributed by atoms with Gasteiger partial charge in [0.2, 0.25) is 5.60 Å². The van der Waals surface area contributed by atoms with Gasteiger partial charge in [0.1, 0.15) is 30.5 Å². The van der Waals surface area contributed by atoms with Gasteiger partial charge in [-0.1, -0.05) is 31.0 Å². The lowest BCUT2D eigenvalue weighted by Gasteiger charge is -2.67. The summed E-state index contributed by atoms with van der Waals surface area (Å²) in [4.78, 5) is 75.0. The summed E-state index contributed by atoms with van der Waals surface area (Å²) in [6, 6.07) is -0.586. The third-order valence-electron chi connectivity index (χ3n) is 18.0. The number of rotatable bonds is 12. The van der Waals surface area contributed by atoms with E-state index in [4.69, 9.17) is 44.2 Å². The average molecular weight is 898 g/mol. The number of carbonyl (C=O) groups excluding carboxylic acids is 5. The number of carbonyl (C=O) groups is 5. The number of hydrogen-bond donors (Lipinski definition) is 3. The number of hydrogen-bond acceptors (Lipinski definition) is 17. The number of nitrogens with zero attached hydrogens (tertiary/aromatic N) is 6. The number of unbranched alkanes of at least 4 members (excludes halogenated alkanes) is 1. The van der Waals surface area contributed by atoms with Crippen LogP contribution in [0.1, 0.15) is 87.0 Å². The maximum Gasteiger partial charge on any atom is 0.353 e. The Hall–Kier alpha value is -4.23. The number of aliphatic hydroxyl groups excluding tert-OH is 2. The zero-order chi connectivity index (χ0) is 46.1. The van der Waals surface area contributed by atoms with E-state index in [9.17, 15) is 34.2 Å². The van der Waals surface area contributed by atoms with Gasteiger partial charge in [0.25, 0.3) is 5.79 Å². The smallest absolute Gasteiger partial charge is 0.353 e. The highest BCUT2D eigenvalue weighted by Crippen LogP contribution is 2.81. The Labute approximate surface area is 369 Å². The quantitative estimate of drug-likeness (QED) is 0.0482. The Bertz CT molecular complexity index is 2100. The average Bonchev–Trinajstić information content (AvgIpc) is 4.15. The molecule has 3 unspecified atom stereocenters. The SMILES string of the molecule is CC(=O)O[C@H]1C2C([C@H]3OC(=O)C(CCCN=[N+]=[N-])CN[C@H]3[C@H]3C[C@@H]4O[C@@H]4[C@H](O)[C@]23C)[C@@H]2[C@@H](O)[C@@H]3[C@H]([C@H](C)[C@H]4O[C@]45OC(=O)[C@@](C)(OC(=O)CCCCN=[N+]=[N-])[C@]35C)[C@@]2(C)[C@H]1OC(C)=O. The second kappa shape index (κ2) is 15.4. The molecule has 0 bridgehead atoms. The molecule has 5 saturated carbocycles. The van der Waals surface area contributed by atoms with Crippen LogP contribution in [0, 0.1) is 63.6 Å². The van der Waals surface area contributed by atoms with Gasteiger partial charge in [-0.05, 0) is 74.8 Å². The molecular weight excluding hydrogens is 839 g/mol. The minimum Gasteiger partial charge on any atom is -0.460 e. The lowest BCUT2D eigenvalue weighted by Crippen LogP contribution is -2.76. The van der Waals surface area contributed by atoms with Crippen molar-refractivity contribution in [3.05, 3.63) is 20.9 Å². The minimum atomic E-state index is -2.01. The molecule has 5 aliphatic carbocycles. The highest BCUT2D eigenvalue weighted by Gasteiger charge is 2.94. The maximum absolute atomic E-state index is 14.4. The zero-order valence-electron chi connectivity index (χ0n) is 37.2. The molecular formula is C43H59N7O14. The van der Waals surface area contributed by atoms with Gasteiger partial charge in [0, 0.05) is 90.3 Å². The van der Waals surface area contributed by atoms with E-state index in [0.29, 0.717) is 32.1 Å². The summed E-state index contributed by atoms with van der Waals surface area (Å²) < 4.78 is 44.5. The molecule has 3 N–H and O–H groups in total. The van der Waals surface area contributed by atoms with Gasteiger partial charge in [-0.3, -0.25) is 19.2 Å². The van der Waals surface area contributed by atoms with E-state index in [0.717, 1.165) is 0 Å². The van der Waals surface area contributed by atoms with Crippen LogP contribution in [0.15, 0.2) is 10.2 Å². The molecule has 0 amide bonds. The molecule has 9 aliphatic rings. The van der Waals surface area contributed by atoms with E-state index < -0.39 is 154 Å². The monoisotopic (exact) mass is 897 g/mol. The summed E-state index contributed by atoms with van der Waals surface area (Å²) in [6.45, 7) is 12.0. The van der Waals surface area contributed by atoms with Crippen LogP contribution in [0.4, 0.5) is 0 Å². The second-order valence-electron chi connectivity index (χ2n) is 20.6. The molecule has 0 aromatic carbocycles. The first-order valence-electron chi connectivity index (χ1n) is 22.7. The molecule has 9 fully saturated rings. The van der Waals surface area contributed by atoms with Crippen molar-refractivity contribution >= 4 is 29.8 Å². The normalized spacial score (nSPS) is 50.7. The van der Waals surface area contributed by atoms with Gasteiger partial charge >= 0.3 is 29.8 Å². The van der Waals surface area contributed by atoms with Gasteiger partial charge < -0.3 is 48.7 Å². The van der Waals surface area contributed by atoms with E-state index in [2.05, 4.69) is 25.4 Å². The van der Waals surface area contributed by atoms with Gasteiger partial charge in [-0.2, -0.15) is 0 Å². The predicted octanol–water partition coefficient (Wildman–Crippen LogP) is 3.17. The number of aliphatic hydroxyl groups is 2. The van der Waals surface area contributed by atoms with E-state index in [1.54, 1.807) is 6.92 Å². The number of fused-ring (bicyclic) bond motifs is 12. The fraction of sp³-hybridized carbons (Fsp3) is 0.884. The first-order valence-corrected chi connectivity index (χ1v) is 22.7. The molecule has 0 aromatic rings. The van der Waals surface area contributed by atoms with Gasteiger partial charge in [0.15, 0.2) is 0 Å². The molecule has 0 aromatic heterocycles. The van der Waals surface area contributed by atoms with Crippen LogP contribution in [0.5, 0.6) is 0 Å². The summed E-state index contributed by atoms with van der Waals surface area (Å²) >= 11 is 0. The number of esters is 5. The molecule has 21 nitrogen and oxygen atoms in total. The lowest BCUT2D eigenvalue weighted by atomic mass is 9.40. The van der Waals surface area contributed by atoms with Crippen molar-refractivity contribution in [1.82, 2.24) is 5.32 Å². The van der Waals surface area contributed by atoms with Gasteiger partial charge in [0.05, 0.1) is 29.6 Å². The Kier molecular flexibility index (Phi) is 10.8. The van der Waals surface area contributed by atoms with Crippen LogP contribution in [-0.4, -0.2) is 126 Å². The number of azide groups is 2. The molecule has 4 aliphatic heterocycles. The molecule has 350 valence electrons. The van der Waals surface area contributed by atoms with E-state index >= 15 is 0 Å². The molecule has 9 rings (SSSR count). The van der Waals surface area contributed by atoms with Gasteiger partial charge in [-0.15, -0.1) is 0 Å². The lowest BCUT2D eigenvalue weighted by molar-refractivity contribution is -0.286. The fourth-order valence-corrected chi connectivity index (χ4v) is 15.4. The van der Waals surface area contributed by atoms with Crippen molar-refractivity contribution in [3.8, 4) is 0 Å². The molecule has 0 radical (unpaired) electrons. The summed E-state index contributed by atoms with van der Waals surface area (Å²) in [5.41, 5.74) is 11.5. The molecule has 22 atom stereocenters. The van der Waals surface area contributed by atoms with Crippen LogP contribution in [0.2, 0.25) is 0 Å². The van der Waals surface area contributed by atoms with Crippen molar-refractivity contribution in [2.24, 2.45) is 73.8 Å². The number of epoxide rings is 2. The topological polar surface area (TPSA) is 307 Å². The van der Waals surface area contributed by atoms with Crippen LogP contribution in [0.25, 0.3) is 20.9 Å². The van der Waals surface area contributed by atoms with Crippen LogP contribution in [-0.2, 0) is 57.1 Å². The molecule has 1 spiro atoms. The molecule has 4 saturated heterocycles. The number of nitrogens with one attached hydrogen (secondary N) is 1. The molecule has 64 heavy (non-hydrogen) atoms. The van der Waals surface area contributed by atoms with Crippen molar-refractivity contribution in [2.75, 3.05) is 19.6 Å². The summed E-state index contributed by atoms with van der Waals surface area (Å²) in [6.07, 6.45) is -5.66. The third-order valence-corrected chi connectivity index (χ3v) is 18.0. The highest BCUT2D eigenvalue weighted by atomic mass is 16.8. The Morgan fingerprint density at radius 1 is 0.906 bits per heavy atom. The summed E-state index contributed by atoms with van der Waals surface area (Å²) in [5.74, 6) is -10.9.